The highest BCUT2D eigenvalue weighted by atomic mass is 32.2. The van der Waals surface area contributed by atoms with E-state index < -0.39 is 0 Å². The minimum absolute atomic E-state index is 0.131. The van der Waals surface area contributed by atoms with Gasteiger partial charge in [0.1, 0.15) is 5.69 Å². The molecule has 0 fully saturated rings. The van der Waals surface area contributed by atoms with Gasteiger partial charge in [0.05, 0.1) is 0 Å². The van der Waals surface area contributed by atoms with Crippen LogP contribution in [-0.4, -0.2) is 20.9 Å². The van der Waals surface area contributed by atoms with Crippen LogP contribution in [0.4, 0.5) is 0 Å². The predicted molar refractivity (Wildman–Crippen MR) is 80.7 cm³/mol. The van der Waals surface area contributed by atoms with E-state index in [-0.39, 0.29) is 5.56 Å². The third-order valence-corrected chi connectivity index (χ3v) is 4.03. The average Bonchev–Trinajstić information content (AvgIpc) is 2.41. The Morgan fingerprint density at radius 3 is 2.26 bits per heavy atom. The van der Waals surface area contributed by atoms with E-state index in [0.717, 1.165) is 5.75 Å². The minimum Gasteiger partial charge on any atom is -0.298 e. The molecule has 0 unspecified atom stereocenters. The van der Waals surface area contributed by atoms with E-state index in [1.165, 1.54) is 51.4 Å². The summed E-state index contributed by atoms with van der Waals surface area (Å²) in [6, 6.07) is 0. The molecule has 1 aromatic heterocycles. The number of hydrogen-bond donors (Lipinski definition) is 1. The smallest absolute Gasteiger partial charge is 0.273 e. The number of nitrogens with zero attached hydrogens (tertiary/aromatic N) is 2. The van der Waals surface area contributed by atoms with E-state index in [0.29, 0.717) is 10.9 Å². The topological polar surface area (TPSA) is 58.6 Å². The minimum atomic E-state index is -0.131. The monoisotopic (exact) mass is 283 g/mol. The molecule has 0 atom stereocenters. The molecule has 0 saturated carbocycles. The van der Waals surface area contributed by atoms with Crippen LogP contribution in [-0.2, 0) is 0 Å². The summed E-state index contributed by atoms with van der Waals surface area (Å²) in [5.41, 5.74) is 0.296. The summed E-state index contributed by atoms with van der Waals surface area (Å²) in [5, 5.41) is 8.42. The van der Waals surface area contributed by atoms with Crippen LogP contribution in [0.5, 0.6) is 0 Å². The van der Waals surface area contributed by atoms with Crippen molar-refractivity contribution in [3.8, 4) is 0 Å². The van der Waals surface area contributed by atoms with Gasteiger partial charge in [0.2, 0.25) is 0 Å². The maximum absolute atomic E-state index is 11.3. The maximum atomic E-state index is 11.3. The van der Waals surface area contributed by atoms with Crippen molar-refractivity contribution in [2.24, 2.45) is 0 Å². The fraction of sp³-hybridized carbons (Fsp3) is 0.786. The quantitative estimate of drug-likeness (QED) is 0.525. The van der Waals surface area contributed by atoms with Gasteiger partial charge in [0, 0.05) is 5.75 Å². The number of H-pyrrole nitrogens is 1. The van der Waals surface area contributed by atoms with Crippen LogP contribution in [0.15, 0.2) is 9.95 Å². The Kier molecular flexibility index (Phi) is 8.54. The second kappa shape index (κ2) is 10.0. The van der Waals surface area contributed by atoms with Gasteiger partial charge in [0.25, 0.3) is 5.56 Å². The molecule has 0 aliphatic carbocycles. The first-order valence-electron chi connectivity index (χ1n) is 7.30. The molecule has 0 aliphatic rings. The molecule has 1 N–H and O–H groups in total. The highest BCUT2D eigenvalue weighted by molar-refractivity contribution is 7.99. The standard InChI is InChI=1S/C14H25N3OS/c1-3-4-5-6-7-8-9-10-11-19-14-15-13(18)12(2)16-17-14/h3-11H2,1-2H3,(H,15,17,18). The van der Waals surface area contributed by atoms with Gasteiger partial charge in [-0.3, -0.25) is 9.78 Å². The van der Waals surface area contributed by atoms with Crippen LogP contribution in [0.25, 0.3) is 0 Å². The van der Waals surface area contributed by atoms with Crippen molar-refractivity contribution in [2.75, 3.05) is 5.75 Å². The Labute approximate surface area is 119 Å². The Morgan fingerprint density at radius 2 is 1.63 bits per heavy atom. The second-order valence-corrected chi connectivity index (χ2v) is 5.95. The first-order chi connectivity index (χ1) is 9.24. The Bertz CT molecular complexity index is 406. The van der Waals surface area contributed by atoms with Crippen LogP contribution >= 0.6 is 11.8 Å². The number of thioether (sulfide) groups is 1. The molecular formula is C14H25N3OS. The maximum Gasteiger partial charge on any atom is 0.273 e. The molecule has 19 heavy (non-hydrogen) atoms. The average molecular weight is 283 g/mol. The zero-order valence-corrected chi connectivity index (χ0v) is 12.9. The fourth-order valence-corrected chi connectivity index (χ4v) is 2.65. The van der Waals surface area contributed by atoms with E-state index in [1.54, 1.807) is 18.7 Å². The van der Waals surface area contributed by atoms with Crippen molar-refractivity contribution in [2.45, 2.75) is 70.4 Å². The largest absolute Gasteiger partial charge is 0.298 e. The van der Waals surface area contributed by atoms with Gasteiger partial charge in [-0.1, -0.05) is 63.6 Å². The van der Waals surface area contributed by atoms with Crippen molar-refractivity contribution in [1.29, 1.82) is 0 Å². The molecule has 0 radical (unpaired) electrons. The molecular weight excluding hydrogens is 258 g/mol. The van der Waals surface area contributed by atoms with Crippen molar-refractivity contribution in [1.82, 2.24) is 15.2 Å². The van der Waals surface area contributed by atoms with Crippen molar-refractivity contribution in [3.63, 3.8) is 0 Å². The van der Waals surface area contributed by atoms with Gasteiger partial charge in [-0.15, -0.1) is 10.2 Å². The first-order valence-corrected chi connectivity index (χ1v) is 8.29. The lowest BCUT2D eigenvalue weighted by Crippen LogP contribution is -2.14. The summed E-state index contributed by atoms with van der Waals surface area (Å²) < 4.78 is 0. The molecule has 1 aromatic rings. The third kappa shape index (κ3) is 7.35. The molecule has 108 valence electrons. The predicted octanol–water partition coefficient (Wildman–Crippen LogP) is 3.71. The number of rotatable bonds is 10. The number of nitrogens with one attached hydrogen (secondary N) is 1. The second-order valence-electron chi connectivity index (χ2n) is 4.87. The first kappa shape index (κ1) is 16.2. The zero-order valence-electron chi connectivity index (χ0n) is 12.1. The van der Waals surface area contributed by atoms with Crippen molar-refractivity contribution in [3.05, 3.63) is 16.0 Å². The van der Waals surface area contributed by atoms with Gasteiger partial charge >= 0.3 is 0 Å². The summed E-state index contributed by atoms with van der Waals surface area (Å²) in [6.07, 6.45) is 10.6. The number of unbranched alkanes of at least 4 members (excludes halogenated alkanes) is 7. The van der Waals surface area contributed by atoms with E-state index in [1.807, 2.05) is 0 Å². The summed E-state index contributed by atoms with van der Waals surface area (Å²) in [5.74, 6) is 1.00. The van der Waals surface area contributed by atoms with Gasteiger partial charge in [-0.2, -0.15) is 0 Å². The zero-order chi connectivity index (χ0) is 13.9. The SMILES string of the molecule is CCCCCCCCCCSc1nnc(C)c(=O)[nH]1. The van der Waals surface area contributed by atoms with E-state index >= 15 is 0 Å². The fourth-order valence-electron chi connectivity index (χ4n) is 1.85. The van der Waals surface area contributed by atoms with Crippen LogP contribution in [0.2, 0.25) is 0 Å². The van der Waals surface area contributed by atoms with Gasteiger partial charge in [-0.05, 0) is 13.3 Å². The van der Waals surface area contributed by atoms with Gasteiger partial charge < -0.3 is 0 Å². The molecule has 0 spiro atoms. The van der Waals surface area contributed by atoms with E-state index in [4.69, 9.17) is 0 Å². The Hall–Kier alpha value is -0.840. The molecule has 1 heterocycles. The van der Waals surface area contributed by atoms with Gasteiger partial charge in [-0.25, -0.2) is 0 Å². The summed E-state index contributed by atoms with van der Waals surface area (Å²) in [7, 11) is 0. The summed E-state index contributed by atoms with van der Waals surface area (Å²) >= 11 is 1.59. The molecule has 0 saturated heterocycles. The normalized spacial score (nSPS) is 10.8. The van der Waals surface area contributed by atoms with E-state index in [2.05, 4.69) is 22.1 Å². The van der Waals surface area contributed by atoms with Crippen LogP contribution < -0.4 is 5.56 Å². The number of hydrogen-bond acceptors (Lipinski definition) is 4. The lowest BCUT2D eigenvalue weighted by Gasteiger charge is -2.02. The van der Waals surface area contributed by atoms with Crippen LogP contribution in [0.1, 0.15) is 64.0 Å². The lowest BCUT2D eigenvalue weighted by molar-refractivity contribution is 0.586. The van der Waals surface area contributed by atoms with Gasteiger partial charge in [0.15, 0.2) is 5.16 Å². The van der Waals surface area contributed by atoms with Crippen molar-refractivity contribution < 1.29 is 0 Å². The molecule has 0 aliphatic heterocycles. The lowest BCUT2D eigenvalue weighted by atomic mass is 10.1. The molecule has 4 nitrogen and oxygen atoms in total. The summed E-state index contributed by atoms with van der Waals surface area (Å²) in [4.78, 5) is 14.1. The molecule has 5 heteroatoms. The van der Waals surface area contributed by atoms with Crippen molar-refractivity contribution >= 4 is 11.8 Å². The molecule has 0 aromatic carbocycles. The molecule has 1 rings (SSSR count). The van der Waals surface area contributed by atoms with Crippen LogP contribution in [0, 0.1) is 6.92 Å². The highest BCUT2D eigenvalue weighted by Gasteiger charge is 2.00. The third-order valence-electron chi connectivity index (χ3n) is 3.08. The highest BCUT2D eigenvalue weighted by Crippen LogP contribution is 2.14. The Morgan fingerprint density at radius 1 is 1.00 bits per heavy atom. The van der Waals surface area contributed by atoms with Crippen LogP contribution in [0.3, 0.4) is 0 Å². The molecule has 0 bridgehead atoms. The number of aromatic nitrogens is 3. The summed E-state index contributed by atoms with van der Waals surface area (Å²) in [6.45, 7) is 3.91. The molecule has 0 amide bonds. The number of aromatic amines is 1. The van der Waals surface area contributed by atoms with E-state index in [9.17, 15) is 4.79 Å². The number of aryl methyl sites for hydroxylation is 1. The Balaban J connectivity index is 2.01.